The number of carbonyl (C=O) groups is 1. The van der Waals surface area contributed by atoms with Crippen LogP contribution in [-0.4, -0.2) is 30.5 Å². The first-order valence-corrected chi connectivity index (χ1v) is 8.41. The van der Waals surface area contributed by atoms with Crippen molar-refractivity contribution in [2.24, 2.45) is 0 Å². The van der Waals surface area contributed by atoms with Gasteiger partial charge in [0.15, 0.2) is 17.1 Å². The van der Waals surface area contributed by atoms with E-state index in [9.17, 15) is 23.1 Å². The Morgan fingerprint density at radius 1 is 1.11 bits per heavy atom. The average Bonchev–Trinajstić information content (AvgIpc) is 3.18. The molecule has 1 atom stereocenters. The molecule has 1 unspecified atom stereocenters. The molecule has 2 aliphatic heterocycles. The molecule has 0 aromatic heterocycles. The van der Waals surface area contributed by atoms with Gasteiger partial charge in [-0.2, -0.15) is 13.2 Å². The molecule has 2 aromatic rings. The minimum atomic E-state index is -4.30. The Labute approximate surface area is 152 Å². The Balaban J connectivity index is 1.70. The van der Waals surface area contributed by atoms with Gasteiger partial charge in [-0.05, 0) is 24.6 Å². The summed E-state index contributed by atoms with van der Waals surface area (Å²) in [5.41, 5.74) is -0.969. The van der Waals surface area contributed by atoms with Gasteiger partial charge in [0.05, 0.1) is 5.69 Å². The highest BCUT2D eigenvalue weighted by Gasteiger charge is 2.51. The van der Waals surface area contributed by atoms with E-state index in [0.717, 1.165) is 0 Å². The van der Waals surface area contributed by atoms with Gasteiger partial charge >= 0.3 is 6.18 Å². The smallest absolute Gasteiger partial charge is 0.389 e. The lowest BCUT2D eigenvalue weighted by Gasteiger charge is -2.24. The maximum Gasteiger partial charge on any atom is 0.389 e. The fraction of sp³-hybridized carbons (Fsp3) is 0.316. The summed E-state index contributed by atoms with van der Waals surface area (Å²) in [5.74, 6) is 0.231. The van der Waals surface area contributed by atoms with Gasteiger partial charge in [-0.25, -0.2) is 0 Å². The van der Waals surface area contributed by atoms with Crippen molar-refractivity contribution in [1.29, 1.82) is 0 Å². The molecule has 142 valence electrons. The summed E-state index contributed by atoms with van der Waals surface area (Å²) in [5, 5.41) is 11.3. The number of nitrogens with zero attached hydrogens (tertiary/aromatic N) is 1. The Bertz CT molecular complexity index is 899. The summed E-state index contributed by atoms with van der Waals surface area (Å²) in [6.45, 7) is -0.0897. The first-order chi connectivity index (χ1) is 12.8. The molecular formula is C19H16F3NO4. The molecule has 0 radical (unpaired) electrons. The molecule has 0 fully saturated rings. The number of carbonyl (C=O) groups excluding carboxylic acids is 1. The van der Waals surface area contributed by atoms with Crippen LogP contribution in [0.1, 0.15) is 24.0 Å². The van der Waals surface area contributed by atoms with E-state index in [4.69, 9.17) is 9.47 Å². The molecule has 2 aliphatic rings. The largest absolute Gasteiger partial charge is 0.454 e. The van der Waals surface area contributed by atoms with Gasteiger partial charge in [-0.3, -0.25) is 4.79 Å². The summed E-state index contributed by atoms with van der Waals surface area (Å²) in [6, 6.07) is 11.2. The molecule has 0 spiro atoms. The van der Waals surface area contributed by atoms with Crippen LogP contribution in [0.15, 0.2) is 42.5 Å². The molecule has 1 amide bonds. The van der Waals surface area contributed by atoms with Crippen LogP contribution in [0.2, 0.25) is 0 Å². The van der Waals surface area contributed by atoms with Crippen molar-refractivity contribution in [2.45, 2.75) is 24.6 Å². The number of amides is 1. The van der Waals surface area contributed by atoms with Crippen LogP contribution in [0.25, 0.3) is 0 Å². The minimum Gasteiger partial charge on any atom is -0.454 e. The molecule has 0 saturated carbocycles. The Morgan fingerprint density at radius 2 is 1.85 bits per heavy atom. The van der Waals surface area contributed by atoms with Crippen molar-refractivity contribution >= 4 is 11.6 Å². The highest BCUT2D eigenvalue weighted by atomic mass is 19.4. The van der Waals surface area contributed by atoms with Crippen molar-refractivity contribution in [3.8, 4) is 11.5 Å². The monoisotopic (exact) mass is 379 g/mol. The number of para-hydroxylation sites is 1. The summed E-state index contributed by atoms with van der Waals surface area (Å²) in [7, 11) is 0. The Kier molecular flexibility index (Phi) is 4.03. The molecule has 4 rings (SSSR count). The van der Waals surface area contributed by atoms with Gasteiger partial charge < -0.3 is 19.5 Å². The fourth-order valence-electron chi connectivity index (χ4n) is 3.50. The zero-order valence-corrected chi connectivity index (χ0v) is 14.1. The maximum atomic E-state index is 13.1. The lowest BCUT2D eigenvalue weighted by molar-refractivity contribution is -0.137. The van der Waals surface area contributed by atoms with Gasteiger partial charge in [0, 0.05) is 24.1 Å². The number of fused-ring (bicyclic) bond motifs is 2. The number of hydrogen-bond donors (Lipinski definition) is 1. The van der Waals surface area contributed by atoms with Crippen LogP contribution in [-0.2, 0) is 10.4 Å². The Hall–Kier alpha value is -2.74. The third-order valence-corrected chi connectivity index (χ3v) is 4.77. The summed E-state index contributed by atoms with van der Waals surface area (Å²) < 4.78 is 48.0. The van der Waals surface area contributed by atoms with Crippen LogP contribution in [0.5, 0.6) is 11.5 Å². The van der Waals surface area contributed by atoms with Crippen molar-refractivity contribution in [3.63, 3.8) is 0 Å². The van der Waals surface area contributed by atoms with Gasteiger partial charge in [0.2, 0.25) is 6.79 Å². The number of anilines is 1. The van der Waals surface area contributed by atoms with Crippen LogP contribution < -0.4 is 14.4 Å². The van der Waals surface area contributed by atoms with Gasteiger partial charge in [-0.15, -0.1) is 0 Å². The summed E-state index contributed by atoms with van der Waals surface area (Å²) in [6.07, 6.45) is -5.54. The third-order valence-electron chi connectivity index (χ3n) is 4.77. The second kappa shape index (κ2) is 6.16. The van der Waals surface area contributed by atoms with E-state index >= 15 is 0 Å². The number of halogens is 3. The van der Waals surface area contributed by atoms with Crippen molar-refractivity contribution < 1.29 is 32.5 Å². The van der Waals surface area contributed by atoms with Gasteiger partial charge in [-0.1, -0.05) is 24.3 Å². The predicted molar refractivity (Wildman–Crippen MR) is 89.6 cm³/mol. The van der Waals surface area contributed by atoms with Crippen LogP contribution in [0.4, 0.5) is 18.9 Å². The molecule has 27 heavy (non-hydrogen) atoms. The molecule has 0 saturated heterocycles. The maximum absolute atomic E-state index is 13.1. The second-order valence-electron chi connectivity index (χ2n) is 6.47. The Morgan fingerprint density at radius 3 is 2.63 bits per heavy atom. The molecule has 2 heterocycles. The van der Waals surface area contributed by atoms with E-state index in [-0.39, 0.29) is 25.3 Å². The van der Waals surface area contributed by atoms with E-state index in [1.54, 1.807) is 36.4 Å². The highest BCUT2D eigenvalue weighted by Crippen LogP contribution is 2.46. The van der Waals surface area contributed by atoms with Crippen molar-refractivity contribution in [2.75, 3.05) is 18.2 Å². The molecule has 0 aliphatic carbocycles. The number of benzene rings is 2. The third kappa shape index (κ3) is 2.90. The number of alkyl halides is 3. The van der Waals surface area contributed by atoms with E-state index < -0.39 is 24.1 Å². The number of ether oxygens (including phenoxy) is 2. The van der Waals surface area contributed by atoms with Crippen LogP contribution >= 0.6 is 0 Å². The van der Waals surface area contributed by atoms with Gasteiger partial charge in [0.1, 0.15) is 0 Å². The second-order valence-corrected chi connectivity index (χ2v) is 6.47. The molecule has 5 nitrogen and oxygen atoms in total. The average molecular weight is 379 g/mol. The van der Waals surface area contributed by atoms with Crippen LogP contribution in [0, 0.1) is 0 Å². The highest BCUT2D eigenvalue weighted by molar-refractivity contribution is 6.09. The first kappa shape index (κ1) is 17.7. The normalized spacial score (nSPS) is 20.9. The fourth-order valence-corrected chi connectivity index (χ4v) is 3.50. The zero-order valence-electron chi connectivity index (χ0n) is 14.1. The minimum absolute atomic E-state index is 0.0469. The van der Waals surface area contributed by atoms with Crippen molar-refractivity contribution in [3.05, 3.63) is 53.6 Å². The number of hydrogen-bond acceptors (Lipinski definition) is 4. The topological polar surface area (TPSA) is 59.0 Å². The van der Waals surface area contributed by atoms with Crippen molar-refractivity contribution in [1.82, 2.24) is 0 Å². The summed E-state index contributed by atoms with van der Waals surface area (Å²) >= 11 is 0. The SMILES string of the molecule is O=C1N(CCCC(F)(F)F)c2ccccc2C1(O)c1ccc2c(c1)OCO2. The molecule has 2 aromatic carbocycles. The molecule has 1 N–H and O–H groups in total. The number of aliphatic hydroxyl groups is 1. The van der Waals surface area contributed by atoms with Crippen LogP contribution in [0.3, 0.4) is 0 Å². The first-order valence-electron chi connectivity index (χ1n) is 8.41. The number of rotatable bonds is 4. The van der Waals surface area contributed by atoms with Gasteiger partial charge in [0.25, 0.3) is 5.91 Å². The predicted octanol–water partition coefficient (Wildman–Crippen LogP) is 3.34. The molecular weight excluding hydrogens is 363 g/mol. The summed E-state index contributed by atoms with van der Waals surface area (Å²) in [4.78, 5) is 14.3. The van der Waals surface area contributed by atoms with E-state index in [1.807, 2.05) is 0 Å². The van der Waals surface area contributed by atoms with E-state index in [0.29, 0.717) is 22.7 Å². The van der Waals surface area contributed by atoms with E-state index in [2.05, 4.69) is 0 Å². The van der Waals surface area contributed by atoms with E-state index in [1.165, 1.54) is 11.0 Å². The lowest BCUT2D eigenvalue weighted by Crippen LogP contribution is -2.41. The zero-order chi connectivity index (χ0) is 19.2. The quantitative estimate of drug-likeness (QED) is 0.885. The molecule has 0 bridgehead atoms. The lowest BCUT2D eigenvalue weighted by atomic mass is 9.87. The molecule has 8 heteroatoms. The standard InChI is InChI=1S/C19H16F3NO4/c20-18(21,22)8-3-9-23-14-5-2-1-4-13(14)19(25,17(23)24)12-6-7-15-16(10-12)27-11-26-15/h1-2,4-7,10,25H,3,8-9,11H2.